The molecule has 4 atom stereocenters. The maximum Gasteiger partial charge on any atom is 0.144 e. The van der Waals surface area contributed by atoms with Gasteiger partial charge in [-0.05, 0) is 33.4 Å². The fourth-order valence-corrected chi connectivity index (χ4v) is 3.46. The first kappa shape index (κ1) is 13.8. The highest BCUT2D eigenvalue weighted by Crippen LogP contribution is 2.31. The van der Waals surface area contributed by atoms with E-state index >= 15 is 0 Å². The van der Waals surface area contributed by atoms with Crippen molar-refractivity contribution >= 4 is 6.34 Å². The van der Waals surface area contributed by atoms with Crippen molar-refractivity contribution in [2.24, 2.45) is 10.9 Å². The third kappa shape index (κ3) is 3.23. The van der Waals surface area contributed by atoms with Crippen LogP contribution >= 0.6 is 0 Å². The standard InChI is InChI=1S/C14H28N4/c1-17(2)10-15-13-9-14(18(3)4)16-12-8-6-5-7-11(12)13/h10-14,16H,5-9H2,1-4H3/p+1. The minimum Gasteiger partial charge on any atom is -0.369 e. The molecule has 0 radical (unpaired) electrons. The zero-order chi connectivity index (χ0) is 13.1. The molecule has 1 aliphatic carbocycles. The van der Waals surface area contributed by atoms with Crippen molar-refractivity contribution in [2.45, 2.75) is 50.4 Å². The van der Waals surface area contributed by atoms with Crippen LogP contribution in [0.3, 0.4) is 0 Å². The van der Waals surface area contributed by atoms with E-state index in [-0.39, 0.29) is 0 Å². The number of hydrogen-bond acceptors (Lipinski definition) is 2. The summed E-state index contributed by atoms with van der Waals surface area (Å²) in [5.74, 6) is 0.797. The fraction of sp³-hybridized carbons (Fsp3) is 0.929. The highest BCUT2D eigenvalue weighted by Gasteiger charge is 2.42. The summed E-state index contributed by atoms with van der Waals surface area (Å²) < 4.78 is 0. The summed E-state index contributed by atoms with van der Waals surface area (Å²) in [6.07, 6.45) is 9.36. The summed E-state index contributed by atoms with van der Waals surface area (Å²) in [4.78, 5) is 9.26. The van der Waals surface area contributed by atoms with Crippen LogP contribution in [0.4, 0.5) is 0 Å². The summed E-state index contributed by atoms with van der Waals surface area (Å²) in [6, 6.07) is 1.32. The molecule has 2 N–H and O–H groups in total. The van der Waals surface area contributed by atoms with Crippen molar-refractivity contribution in [2.75, 3.05) is 28.2 Å². The molecule has 2 aliphatic rings. The Morgan fingerprint density at radius 2 is 1.83 bits per heavy atom. The van der Waals surface area contributed by atoms with Crippen molar-refractivity contribution in [3.63, 3.8) is 0 Å². The van der Waals surface area contributed by atoms with Gasteiger partial charge in [0.15, 0.2) is 0 Å². The largest absolute Gasteiger partial charge is 0.369 e. The molecule has 4 unspecified atom stereocenters. The van der Waals surface area contributed by atoms with Crippen molar-refractivity contribution in [1.29, 1.82) is 0 Å². The third-order valence-electron chi connectivity index (χ3n) is 4.47. The van der Waals surface area contributed by atoms with Gasteiger partial charge in [0, 0.05) is 26.4 Å². The van der Waals surface area contributed by atoms with E-state index in [0.717, 1.165) is 12.0 Å². The highest BCUT2D eigenvalue weighted by molar-refractivity contribution is 5.54. The number of nitrogens with two attached hydrogens (primary N) is 1. The second-order valence-electron chi connectivity index (χ2n) is 6.37. The molecular weight excluding hydrogens is 224 g/mol. The Morgan fingerprint density at radius 1 is 1.11 bits per heavy atom. The molecule has 4 heteroatoms. The van der Waals surface area contributed by atoms with E-state index in [2.05, 4.69) is 43.3 Å². The zero-order valence-electron chi connectivity index (χ0n) is 12.3. The van der Waals surface area contributed by atoms with Gasteiger partial charge in [0.1, 0.15) is 6.17 Å². The minimum absolute atomic E-state index is 0.523. The lowest BCUT2D eigenvalue weighted by molar-refractivity contribution is -0.755. The summed E-state index contributed by atoms with van der Waals surface area (Å²) in [5, 5.41) is 2.60. The van der Waals surface area contributed by atoms with E-state index in [0.29, 0.717) is 12.2 Å². The van der Waals surface area contributed by atoms with Crippen LogP contribution in [0.25, 0.3) is 0 Å². The molecule has 0 aromatic carbocycles. The summed E-state index contributed by atoms with van der Waals surface area (Å²) in [5.41, 5.74) is 0. The van der Waals surface area contributed by atoms with Crippen LogP contribution in [0.1, 0.15) is 32.1 Å². The lowest BCUT2D eigenvalue weighted by atomic mass is 9.76. The smallest absolute Gasteiger partial charge is 0.144 e. The molecule has 0 spiro atoms. The predicted molar refractivity (Wildman–Crippen MR) is 75.7 cm³/mol. The lowest BCUT2D eigenvalue weighted by Crippen LogP contribution is -3.01. The van der Waals surface area contributed by atoms with Crippen LogP contribution in [0.2, 0.25) is 0 Å². The van der Waals surface area contributed by atoms with Gasteiger partial charge in [-0.15, -0.1) is 0 Å². The Morgan fingerprint density at radius 3 is 2.50 bits per heavy atom. The van der Waals surface area contributed by atoms with E-state index in [1.54, 1.807) is 0 Å². The number of quaternary nitrogens is 1. The van der Waals surface area contributed by atoms with Crippen LogP contribution in [0, 0.1) is 5.92 Å². The summed E-state index contributed by atoms with van der Waals surface area (Å²) >= 11 is 0. The van der Waals surface area contributed by atoms with Crippen LogP contribution < -0.4 is 5.32 Å². The van der Waals surface area contributed by atoms with Gasteiger partial charge < -0.3 is 10.2 Å². The van der Waals surface area contributed by atoms with Gasteiger partial charge >= 0.3 is 0 Å². The van der Waals surface area contributed by atoms with Gasteiger partial charge in [-0.25, -0.2) is 0 Å². The lowest BCUT2D eigenvalue weighted by Gasteiger charge is -2.42. The Kier molecular flexibility index (Phi) is 4.62. The van der Waals surface area contributed by atoms with Gasteiger partial charge in [0.05, 0.1) is 18.4 Å². The first-order valence-electron chi connectivity index (χ1n) is 7.29. The summed E-state index contributed by atoms with van der Waals surface area (Å²) in [6.45, 7) is 0. The van der Waals surface area contributed by atoms with Gasteiger partial charge in [-0.1, -0.05) is 6.42 Å². The minimum atomic E-state index is 0.523. The van der Waals surface area contributed by atoms with E-state index in [9.17, 15) is 0 Å². The molecule has 0 aromatic heterocycles. The number of piperidine rings is 1. The van der Waals surface area contributed by atoms with E-state index in [1.165, 1.54) is 32.1 Å². The van der Waals surface area contributed by atoms with Crippen LogP contribution in [0.15, 0.2) is 4.99 Å². The topological polar surface area (TPSA) is 35.5 Å². The van der Waals surface area contributed by atoms with Crippen LogP contribution in [-0.2, 0) is 0 Å². The molecule has 1 saturated carbocycles. The normalized spacial score (nSPS) is 36.9. The third-order valence-corrected chi connectivity index (χ3v) is 4.47. The van der Waals surface area contributed by atoms with Gasteiger partial charge in [0.2, 0.25) is 0 Å². The first-order valence-corrected chi connectivity index (χ1v) is 7.29. The molecule has 2 fully saturated rings. The van der Waals surface area contributed by atoms with Crippen LogP contribution in [-0.4, -0.2) is 62.6 Å². The van der Waals surface area contributed by atoms with Gasteiger partial charge in [-0.3, -0.25) is 9.89 Å². The number of hydrogen-bond donors (Lipinski definition) is 1. The molecule has 0 bridgehead atoms. The van der Waals surface area contributed by atoms with Crippen molar-refractivity contribution < 1.29 is 5.32 Å². The van der Waals surface area contributed by atoms with Gasteiger partial charge in [0.25, 0.3) is 0 Å². The Bertz CT molecular complexity index is 288. The predicted octanol–water partition coefficient (Wildman–Crippen LogP) is 0.359. The van der Waals surface area contributed by atoms with E-state index in [1.807, 2.05) is 6.34 Å². The molecule has 104 valence electrons. The van der Waals surface area contributed by atoms with Crippen molar-refractivity contribution in [3.05, 3.63) is 0 Å². The molecule has 4 nitrogen and oxygen atoms in total. The number of aliphatic imine (C=N–C) groups is 1. The maximum atomic E-state index is 4.85. The monoisotopic (exact) mass is 253 g/mol. The van der Waals surface area contributed by atoms with Gasteiger partial charge in [-0.2, -0.15) is 0 Å². The second kappa shape index (κ2) is 6.02. The van der Waals surface area contributed by atoms with Crippen molar-refractivity contribution in [3.8, 4) is 0 Å². The molecular formula is C14H29N4+. The molecule has 0 amide bonds. The Balaban J connectivity index is 2.07. The second-order valence-corrected chi connectivity index (χ2v) is 6.37. The number of rotatable bonds is 3. The average molecular weight is 253 g/mol. The Hall–Kier alpha value is -0.610. The molecule has 0 aromatic rings. The molecule has 18 heavy (non-hydrogen) atoms. The van der Waals surface area contributed by atoms with E-state index in [4.69, 9.17) is 4.99 Å². The average Bonchev–Trinajstić information content (AvgIpc) is 2.35. The SMILES string of the molecule is CN(C)C=NC1CC(N(C)C)[NH2+]C2CCCCC12. The Labute approximate surface area is 111 Å². The zero-order valence-corrected chi connectivity index (χ0v) is 12.3. The molecule has 1 saturated heterocycles. The fourth-order valence-electron chi connectivity index (χ4n) is 3.46. The van der Waals surface area contributed by atoms with E-state index < -0.39 is 0 Å². The molecule has 1 aliphatic heterocycles. The van der Waals surface area contributed by atoms with Crippen LogP contribution in [0.5, 0.6) is 0 Å². The number of fused-ring (bicyclic) bond motifs is 1. The molecule has 1 heterocycles. The highest BCUT2D eigenvalue weighted by atomic mass is 15.3. The summed E-state index contributed by atoms with van der Waals surface area (Å²) in [7, 11) is 8.49. The number of nitrogens with zero attached hydrogens (tertiary/aromatic N) is 3. The first-order chi connectivity index (χ1) is 8.58. The maximum absolute atomic E-state index is 4.85. The quantitative estimate of drug-likeness (QED) is 0.582. The van der Waals surface area contributed by atoms with Crippen molar-refractivity contribution in [1.82, 2.24) is 9.80 Å². The molecule has 2 rings (SSSR count).